The molecular weight excluding hydrogens is 409 g/mol. The summed E-state index contributed by atoms with van der Waals surface area (Å²) in [5.41, 5.74) is 5.48. The molecule has 0 amide bonds. The van der Waals surface area contributed by atoms with Gasteiger partial charge in [0.15, 0.2) is 11.0 Å². The fourth-order valence-corrected chi connectivity index (χ4v) is 5.52. The summed E-state index contributed by atoms with van der Waals surface area (Å²) in [4.78, 5) is 24.2. The van der Waals surface area contributed by atoms with Crippen LogP contribution < -0.4 is 4.90 Å². The molecule has 0 bridgehead atoms. The Bertz CT molecular complexity index is 1120. The first-order valence-corrected chi connectivity index (χ1v) is 11.3. The van der Waals surface area contributed by atoms with Crippen LogP contribution in [0.3, 0.4) is 0 Å². The maximum atomic E-state index is 13.6. The van der Waals surface area contributed by atoms with Gasteiger partial charge in [0.05, 0.1) is 24.1 Å². The van der Waals surface area contributed by atoms with Crippen molar-refractivity contribution in [3.8, 4) is 10.7 Å². The molecule has 2 aliphatic heterocycles. The Labute approximate surface area is 175 Å². The Balaban J connectivity index is 1.54. The van der Waals surface area contributed by atoms with E-state index in [1.807, 2.05) is 17.8 Å². The molecule has 2 aromatic heterocycles. The van der Waals surface area contributed by atoms with Crippen molar-refractivity contribution in [2.75, 3.05) is 18.6 Å². The number of hydrogen-bond acceptors (Lipinski definition) is 7. The van der Waals surface area contributed by atoms with E-state index in [1.165, 1.54) is 24.3 Å². The van der Waals surface area contributed by atoms with Crippen molar-refractivity contribution in [1.29, 1.82) is 0 Å². The van der Waals surface area contributed by atoms with E-state index < -0.39 is 0 Å². The van der Waals surface area contributed by atoms with E-state index in [-0.39, 0.29) is 17.5 Å². The first kappa shape index (κ1) is 18.6. The van der Waals surface area contributed by atoms with E-state index in [4.69, 9.17) is 14.7 Å². The lowest BCUT2D eigenvalue weighted by molar-refractivity contribution is -0.139. The largest absolute Gasteiger partial charge is 0.469 e. The third-order valence-electron chi connectivity index (χ3n) is 5.22. The average Bonchev–Trinajstić information content (AvgIpc) is 3.45. The zero-order valence-electron chi connectivity index (χ0n) is 15.8. The summed E-state index contributed by atoms with van der Waals surface area (Å²) in [6.45, 7) is 0.823. The molecule has 4 heterocycles. The molecular formula is C21H18FN3O2S2. The zero-order valence-corrected chi connectivity index (χ0v) is 17.4. The number of thioether (sulfide) groups is 1. The molecule has 0 saturated carbocycles. The summed E-state index contributed by atoms with van der Waals surface area (Å²) < 4.78 is 18.3. The monoisotopic (exact) mass is 427 g/mol. The van der Waals surface area contributed by atoms with Crippen LogP contribution in [0.15, 0.2) is 30.3 Å². The second kappa shape index (κ2) is 7.42. The molecule has 0 atom stereocenters. The van der Waals surface area contributed by atoms with Crippen molar-refractivity contribution in [3.63, 3.8) is 0 Å². The molecule has 5 rings (SSSR count). The van der Waals surface area contributed by atoms with E-state index >= 15 is 0 Å². The molecule has 29 heavy (non-hydrogen) atoms. The fraction of sp³-hybridized carbons (Fsp3) is 0.286. The number of methoxy groups -OCH3 is 1. The molecule has 0 unspecified atom stereocenters. The highest BCUT2D eigenvalue weighted by atomic mass is 32.2. The fourth-order valence-electron chi connectivity index (χ4n) is 3.83. The Kier molecular flexibility index (Phi) is 4.75. The van der Waals surface area contributed by atoms with Crippen LogP contribution >= 0.6 is 23.1 Å². The third-order valence-corrected chi connectivity index (χ3v) is 7.06. The predicted molar refractivity (Wildman–Crippen MR) is 113 cm³/mol. The smallest absolute Gasteiger partial charge is 0.309 e. The lowest BCUT2D eigenvalue weighted by Gasteiger charge is -2.22. The maximum absolute atomic E-state index is 13.6. The van der Waals surface area contributed by atoms with Crippen LogP contribution in [0.5, 0.6) is 0 Å². The molecule has 0 radical (unpaired) electrons. The molecule has 148 valence electrons. The van der Waals surface area contributed by atoms with Crippen LogP contribution in [-0.4, -0.2) is 29.6 Å². The van der Waals surface area contributed by atoms with Gasteiger partial charge < -0.3 is 9.64 Å². The number of halogens is 1. The number of aromatic nitrogens is 2. The van der Waals surface area contributed by atoms with E-state index in [9.17, 15) is 9.18 Å². The van der Waals surface area contributed by atoms with Gasteiger partial charge in [0.25, 0.3) is 0 Å². The number of benzene rings is 1. The summed E-state index contributed by atoms with van der Waals surface area (Å²) in [5, 5.41) is -0.232. The van der Waals surface area contributed by atoms with Gasteiger partial charge in [-0.2, -0.15) is 16.2 Å². The van der Waals surface area contributed by atoms with Crippen LogP contribution in [-0.2, 0) is 33.9 Å². The van der Waals surface area contributed by atoms with Gasteiger partial charge in [0.1, 0.15) is 5.82 Å². The molecule has 2 aliphatic rings. The predicted octanol–water partition coefficient (Wildman–Crippen LogP) is 4.50. The Morgan fingerprint density at radius 3 is 2.93 bits per heavy atom. The summed E-state index contributed by atoms with van der Waals surface area (Å²) in [6, 6.07) is 9.31. The van der Waals surface area contributed by atoms with Crippen LogP contribution in [0.4, 0.5) is 15.9 Å². The molecule has 0 aliphatic carbocycles. The van der Waals surface area contributed by atoms with Gasteiger partial charge in [-0.1, -0.05) is 12.1 Å². The number of rotatable bonds is 4. The standard InChI is InChI=1S/C21H18FN3O2S2/c1-27-19(26)9-12-2-3-16-13(8-12)6-7-25(16)21-14-10-28-11-15(14)23-20(24-21)17-4-5-18(22)29-17/h2-5,8H,6-7,9-11H2,1H3. The summed E-state index contributed by atoms with van der Waals surface area (Å²) in [5.74, 6) is 3.01. The molecule has 5 nitrogen and oxygen atoms in total. The zero-order chi connectivity index (χ0) is 20.0. The second-order valence-corrected chi connectivity index (χ2v) is 9.03. The molecule has 8 heteroatoms. The minimum atomic E-state index is -0.238. The number of carbonyl (C=O) groups excluding carboxylic acids is 1. The lowest BCUT2D eigenvalue weighted by Crippen LogP contribution is -2.18. The van der Waals surface area contributed by atoms with Gasteiger partial charge in [-0.25, -0.2) is 9.97 Å². The van der Waals surface area contributed by atoms with Gasteiger partial charge in [-0.15, -0.1) is 11.3 Å². The molecule has 0 spiro atoms. The number of ether oxygens (including phenoxy) is 1. The second-order valence-electron chi connectivity index (χ2n) is 7.01. The van der Waals surface area contributed by atoms with Crippen LogP contribution in [0, 0.1) is 5.13 Å². The van der Waals surface area contributed by atoms with Gasteiger partial charge >= 0.3 is 5.97 Å². The highest BCUT2D eigenvalue weighted by Crippen LogP contribution is 2.42. The number of carbonyl (C=O) groups is 1. The molecule has 0 saturated heterocycles. The highest BCUT2D eigenvalue weighted by molar-refractivity contribution is 7.98. The summed E-state index contributed by atoms with van der Waals surface area (Å²) >= 11 is 2.90. The Hall–Kier alpha value is -2.45. The van der Waals surface area contributed by atoms with E-state index in [0.29, 0.717) is 5.82 Å². The molecule has 3 aromatic rings. The van der Waals surface area contributed by atoms with Crippen LogP contribution in [0.1, 0.15) is 22.4 Å². The van der Waals surface area contributed by atoms with Gasteiger partial charge in [0.2, 0.25) is 0 Å². The van der Waals surface area contributed by atoms with Crippen molar-refractivity contribution < 1.29 is 13.9 Å². The van der Waals surface area contributed by atoms with Crippen molar-refractivity contribution in [2.24, 2.45) is 0 Å². The van der Waals surface area contributed by atoms with Crippen molar-refractivity contribution in [1.82, 2.24) is 9.97 Å². The van der Waals surface area contributed by atoms with E-state index in [1.54, 1.807) is 6.07 Å². The van der Waals surface area contributed by atoms with E-state index in [0.717, 1.165) is 63.4 Å². The normalized spacial score (nSPS) is 14.8. The highest BCUT2D eigenvalue weighted by Gasteiger charge is 2.29. The van der Waals surface area contributed by atoms with E-state index in [2.05, 4.69) is 17.0 Å². The van der Waals surface area contributed by atoms with Crippen molar-refractivity contribution >= 4 is 40.6 Å². The quantitative estimate of drug-likeness (QED) is 0.572. The SMILES string of the molecule is COC(=O)Cc1ccc2c(c1)CCN2c1nc(-c2ccc(F)s2)nc2c1CSC2. The molecule has 1 aromatic carbocycles. The summed E-state index contributed by atoms with van der Waals surface area (Å²) in [7, 11) is 1.40. The van der Waals surface area contributed by atoms with Gasteiger partial charge in [0, 0.05) is 29.3 Å². The first-order valence-electron chi connectivity index (χ1n) is 9.32. The number of hydrogen-bond donors (Lipinski definition) is 0. The van der Waals surface area contributed by atoms with Gasteiger partial charge in [-0.05, 0) is 35.7 Å². The molecule has 0 N–H and O–H groups in total. The van der Waals surface area contributed by atoms with Gasteiger partial charge in [-0.3, -0.25) is 4.79 Å². The minimum Gasteiger partial charge on any atom is -0.469 e. The summed E-state index contributed by atoms with van der Waals surface area (Å²) in [6.07, 6.45) is 1.16. The van der Waals surface area contributed by atoms with Crippen LogP contribution in [0.2, 0.25) is 0 Å². The topological polar surface area (TPSA) is 55.3 Å². The third kappa shape index (κ3) is 3.40. The van der Waals surface area contributed by atoms with Crippen LogP contribution in [0.25, 0.3) is 10.7 Å². The number of nitrogens with zero attached hydrogens (tertiary/aromatic N) is 3. The minimum absolute atomic E-state index is 0.232. The Morgan fingerprint density at radius 2 is 2.14 bits per heavy atom. The number of fused-ring (bicyclic) bond motifs is 2. The maximum Gasteiger partial charge on any atom is 0.309 e. The van der Waals surface area contributed by atoms with Crippen molar-refractivity contribution in [2.45, 2.75) is 24.3 Å². The van der Waals surface area contributed by atoms with Crippen molar-refractivity contribution in [3.05, 3.63) is 57.8 Å². The number of anilines is 2. The average molecular weight is 428 g/mol. The number of esters is 1. The first-order chi connectivity index (χ1) is 14.1. The lowest BCUT2D eigenvalue weighted by atomic mass is 10.1. The number of thiophene rings is 1. The molecule has 0 fully saturated rings. The Morgan fingerprint density at radius 1 is 1.24 bits per heavy atom.